The SMILES string of the molecule is COc1ccc(N2C(=O)C(=Cc3ccc(-c4ccc([N+](=O)[O-])cc4)o3)SC2=S)c(OC)c1. The van der Waals surface area contributed by atoms with Crippen LogP contribution in [0.4, 0.5) is 11.4 Å². The molecule has 0 spiro atoms. The lowest BCUT2D eigenvalue weighted by molar-refractivity contribution is -0.384. The maximum absolute atomic E-state index is 13.1. The van der Waals surface area contributed by atoms with Crippen LogP contribution in [0, 0.1) is 10.1 Å². The number of anilines is 1. The van der Waals surface area contributed by atoms with Gasteiger partial charge >= 0.3 is 0 Å². The van der Waals surface area contributed by atoms with Gasteiger partial charge < -0.3 is 13.9 Å². The van der Waals surface area contributed by atoms with Crippen LogP contribution in [0.2, 0.25) is 0 Å². The van der Waals surface area contributed by atoms with E-state index in [2.05, 4.69) is 0 Å². The molecule has 0 aliphatic carbocycles. The fourth-order valence-corrected chi connectivity index (χ4v) is 4.37. The van der Waals surface area contributed by atoms with Crippen molar-refractivity contribution in [3.63, 3.8) is 0 Å². The summed E-state index contributed by atoms with van der Waals surface area (Å²) in [6.07, 6.45) is 1.62. The summed E-state index contributed by atoms with van der Waals surface area (Å²) in [4.78, 5) is 25.2. The van der Waals surface area contributed by atoms with Gasteiger partial charge in [0.05, 0.1) is 29.7 Å². The highest BCUT2D eigenvalue weighted by atomic mass is 32.2. The molecule has 32 heavy (non-hydrogen) atoms. The van der Waals surface area contributed by atoms with E-state index < -0.39 is 4.92 Å². The van der Waals surface area contributed by atoms with Crippen LogP contribution in [-0.2, 0) is 4.79 Å². The lowest BCUT2D eigenvalue weighted by Crippen LogP contribution is -2.27. The number of carbonyl (C=O) groups is 1. The average molecular weight is 469 g/mol. The summed E-state index contributed by atoms with van der Waals surface area (Å²) in [7, 11) is 3.05. The molecule has 0 radical (unpaired) electrons. The first-order chi connectivity index (χ1) is 15.4. The third-order valence-electron chi connectivity index (χ3n) is 4.68. The number of nitro groups is 1. The molecule has 4 rings (SSSR count). The number of rotatable bonds is 6. The van der Waals surface area contributed by atoms with Crippen LogP contribution in [0.3, 0.4) is 0 Å². The number of nitrogens with zero attached hydrogens (tertiary/aromatic N) is 2. The van der Waals surface area contributed by atoms with Gasteiger partial charge in [-0.1, -0.05) is 24.0 Å². The van der Waals surface area contributed by atoms with Crippen LogP contribution >= 0.6 is 24.0 Å². The lowest BCUT2D eigenvalue weighted by Gasteiger charge is -2.18. The topological polar surface area (TPSA) is 95.0 Å². The third-order valence-corrected chi connectivity index (χ3v) is 5.99. The normalized spacial score (nSPS) is 14.8. The Kier molecular flexibility index (Phi) is 5.97. The molecule has 1 saturated heterocycles. The Morgan fingerprint density at radius 2 is 1.84 bits per heavy atom. The number of thiocarbonyl (C=S) groups is 1. The molecule has 1 aliphatic rings. The van der Waals surface area contributed by atoms with E-state index in [0.717, 1.165) is 11.8 Å². The molecule has 0 atom stereocenters. The maximum Gasteiger partial charge on any atom is 0.271 e. The number of hydrogen-bond donors (Lipinski definition) is 0. The second kappa shape index (κ2) is 8.85. The molecular weight excluding hydrogens is 452 g/mol. The van der Waals surface area contributed by atoms with Crippen molar-refractivity contribution in [2.45, 2.75) is 0 Å². The molecule has 2 heterocycles. The quantitative estimate of drug-likeness (QED) is 0.209. The molecule has 0 N–H and O–H groups in total. The van der Waals surface area contributed by atoms with Crippen molar-refractivity contribution >= 4 is 51.7 Å². The fraction of sp³-hybridized carbons (Fsp3) is 0.0909. The van der Waals surface area contributed by atoms with Crippen LogP contribution in [0.25, 0.3) is 17.4 Å². The maximum atomic E-state index is 13.1. The summed E-state index contributed by atoms with van der Waals surface area (Å²) in [6.45, 7) is 0. The molecule has 0 unspecified atom stereocenters. The van der Waals surface area contributed by atoms with E-state index in [1.807, 2.05) is 0 Å². The molecule has 1 amide bonds. The van der Waals surface area contributed by atoms with Gasteiger partial charge in [-0.05, 0) is 36.4 Å². The van der Waals surface area contributed by atoms with E-state index in [-0.39, 0.29) is 11.6 Å². The van der Waals surface area contributed by atoms with Gasteiger partial charge in [-0.3, -0.25) is 19.8 Å². The highest BCUT2D eigenvalue weighted by molar-refractivity contribution is 8.27. The van der Waals surface area contributed by atoms with Gasteiger partial charge in [-0.25, -0.2) is 0 Å². The van der Waals surface area contributed by atoms with Gasteiger partial charge in [0, 0.05) is 29.8 Å². The van der Waals surface area contributed by atoms with Crippen molar-refractivity contribution in [3.05, 3.63) is 75.4 Å². The standard InChI is InChI=1S/C22H16N2O6S2/c1-28-15-7-9-17(19(11-15)29-2)23-21(25)20(32-22(23)31)12-16-8-10-18(30-16)13-3-5-14(6-4-13)24(26)27/h3-12H,1-2H3. The van der Waals surface area contributed by atoms with Crippen LogP contribution in [0.1, 0.15) is 5.76 Å². The minimum absolute atomic E-state index is 0.00170. The Morgan fingerprint density at radius 3 is 2.50 bits per heavy atom. The number of thioether (sulfide) groups is 1. The van der Waals surface area contributed by atoms with E-state index in [1.54, 1.807) is 55.7 Å². The number of non-ortho nitro benzene ring substituents is 1. The average Bonchev–Trinajstić information content (AvgIpc) is 3.37. The summed E-state index contributed by atoms with van der Waals surface area (Å²) in [5, 5.41) is 10.8. The summed E-state index contributed by atoms with van der Waals surface area (Å²) in [5.74, 6) is 1.75. The van der Waals surface area contributed by atoms with E-state index in [9.17, 15) is 14.9 Å². The summed E-state index contributed by atoms with van der Waals surface area (Å²) in [5.41, 5.74) is 1.20. The highest BCUT2D eigenvalue weighted by Crippen LogP contribution is 2.41. The number of carbonyl (C=O) groups excluding carboxylic acids is 1. The molecule has 1 aromatic heterocycles. The second-order valence-electron chi connectivity index (χ2n) is 6.56. The largest absolute Gasteiger partial charge is 0.497 e. The minimum atomic E-state index is -0.461. The first kappa shape index (κ1) is 21.6. The molecule has 1 aliphatic heterocycles. The predicted octanol–water partition coefficient (Wildman–Crippen LogP) is 5.28. The molecule has 3 aromatic rings. The van der Waals surface area contributed by atoms with E-state index in [4.69, 9.17) is 26.1 Å². The molecular formula is C22H16N2O6S2. The number of nitro benzene ring substituents is 1. The smallest absolute Gasteiger partial charge is 0.271 e. The van der Waals surface area contributed by atoms with Gasteiger partial charge in [0.2, 0.25) is 0 Å². The van der Waals surface area contributed by atoms with Gasteiger partial charge in [0.25, 0.3) is 11.6 Å². The van der Waals surface area contributed by atoms with E-state index in [0.29, 0.717) is 43.5 Å². The van der Waals surface area contributed by atoms with Gasteiger partial charge in [0.1, 0.15) is 23.0 Å². The zero-order valence-corrected chi connectivity index (χ0v) is 18.6. The number of furan rings is 1. The van der Waals surface area contributed by atoms with Gasteiger partial charge in [-0.2, -0.15) is 0 Å². The number of hydrogen-bond acceptors (Lipinski definition) is 8. The van der Waals surface area contributed by atoms with E-state index in [1.165, 1.54) is 24.1 Å². The van der Waals surface area contributed by atoms with Crippen molar-refractivity contribution in [1.29, 1.82) is 0 Å². The van der Waals surface area contributed by atoms with Crippen LogP contribution in [0.15, 0.2) is 63.9 Å². The van der Waals surface area contributed by atoms with Crippen LogP contribution < -0.4 is 14.4 Å². The van der Waals surface area contributed by atoms with Crippen molar-refractivity contribution < 1.29 is 23.6 Å². The van der Waals surface area contributed by atoms with Crippen LogP contribution in [-0.4, -0.2) is 29.4 Å². The summed E-state index contributed by atoms with van der Waals surface area (Å²) < 4.78 is 16.8. The number of amides is 1. The highest BCUT2D eigenvalue weighted by Gasteiger charge is 2.35. The Morgan fingerprint density at radius 1 is 1.09 bits per heavy atom. The molecule has 0 saturated carbocycles. The van der Waals surface area contributed by atoms with Crippen molar-refractivity contribution in [2.75, 3.05) is 19.1 Å². The molecule has 0 bridgehead atoms. The molecule has 10 heteroatoms. The monoisotopic (exact) mass is 468 g/mol. The van der Waals surface area contributed by atoms with E-state index >= 15 is 0 Å². The fourth-order valence-electron chi connectivity index (χ4n) is 3.11. The van der Waals surface area contributed by atoms with Gasteiger partial charge in [-0.15, -0.1) is 0 Å². The number of methoxy groups -OCH3 is 2. The molecule has 2 aromatic carbocycles. The van der Waals surface area contributed by atoms with Gasteiger partial charge in [0.15, 0.2) is 4.32 Å². The molecule has 162 valence electrons. The Balaban J connectivity index is 1.59. The summed E-state index contributed by atoms with van der Waals surface area (Å²) in [6, 6.07) is 14.6. The Hall–Kier alpha value is -3.63. The third kappa shape index (κ3) is 4.10. The number of benzene rings is 2. The zero-order chi connectivity index (χ0) is 22.8. The Labute approximate surface area is 192 Å². The predicted molar refractivity (Wildman–Crippen MR) is 126 cm³/mol. The van der Waals surface area contributed by atoms with Crippen molar-refractivity contribution in [2.24, 2.45) is 0 Å². The first-order valence-corrected chi connectivity index (χ1v) is 10.5. The lowest BCUT2D eigenvalue weighted by atomic mass is 10.1. The van der Waals surface area contributed by atoms with Crippen LogP contribution in [0.5, 0.6) is 11.5 Å². The van der Waals surface area contributed by atoms with Crippen molar-refractivity contribution in [1.82, 2.24) is 0 Å². The second-order valence-corrected chi connectivity index (χ2v) is 8.24. The Bertz CT molecular complexity index is 1250. The first-order valence-electron chi connectivity index (χ1n) is 9.26. The van der Waals surface area contributed by atoms with Crippen molar-refractivity contribution in [3.8, 4) is 22.8 Å². The molecule has 1 fully saturated rings. The molecule has 8 nitrogen and oxygen atoms in total. The minimum Gasteiger partial charge on any atom is -0.497 e. The summed E-state index contributed by atoms with van der Waals surface area (Å²) >= 11 is 6.59. The zero-order valence-electron chi connectivity index (χ0n) is 16.9. The number of ether oxygens (including phenoxy) is 2.